The summed E-state index contributed by atoms with van der Waals surface area (Å²) in [6.45, 7) is 0.448. The molecule has 0 saturated carbocycles. The van der Waals surface area contributed by atoms with Crippen LogP contribution < -0.4 is 0 Å². The summed E-state index contributed by atoms with van der Waals surface area (Å²) in [7, 11) is 0. The number of alkyl halides is 6. The summed E-state index contributed by atoms with van der Waals surface area (Å²) in [6, 6.07) is 8.41. The monoisotopic (exact) mass is 471 g/mol. The Morgan fingerprint density at radius 1 is 0.909 bits per heavy atom. The topological polar surface area (TPSA) is 49.8 Å². The van der Waals surface area contributed by atoms with Crippen LogP contribution in [0.15, 0.2) is 72.5 Å². The molecule has 10 heteroatoms. The fraction of sp³-hybridized carbons (Fsp3) is 0.261. The van der Waals surface area contributed by atoms with Gasteiger partial charge in [-0.25, -0.2) is 4.79 Å². The van der Waals surface area contributed by atoms with E-state index < -0.39 is 35.6 Å². The largest absolute Gasteiger partial charge is 0.478 e. The van der Waals surface area contributed by atoms with Crippen LogP contribution in [0.4, 0.5) is 26.3 Å². The number of hydrogen-bond donors (Lipinski definition) is 1. The number of allylic oxidation sites excluding steroid dienone is 2. The molecule has 0 unspecified atom stereocenters. The van der Waals surface area contributed by atoms with E-state index in [-0.39, 0.29) is 25.3 Å². The first-order chi connectivity index (χ1) is 15.4. The molecule has 0 spiro atoms. The molecular weight excluding hydrogens is 452 g/mol. The molecule has 0 atom stereocenters. The van der Waals surface area contributed by atoms with Crippen LogP contribution in [0.25, 0.3) is 0 Å². The van der Waals surface area contributed by atoms with Gasteiger partial charge in [-0.1, -0.05) is 24.3 Å². The fourth-order valence-electron chi connectivity index (χ4n) is 3.26. The summed E-state index contributed by atoms with van der Waals surface area (Å²) in [5.41, 5.74) is -0.863. The lowest BCUT2D eigenvalue weighted by molar-refractivity contribution is -0.138. The molecule has 33 heavy (non-hydrogen) atoms. The van der Waals surface area contributed by atoms with Crippen molar-refractivity contribution in [2.75, 3.05) is 19.7 Å². The van der Waals surface area contributed by atoms with Crippen molar-refractivity contribution in [3.63, 3.8) is 0 Å². The summed E-state index contributed by atoms with van der Waals surface area (Å²) in [5.74, 6) is -1.06. The number of hydrogen-bond acceptors (Lipinski definition) is 3. The number of carbonyl (C=O) groups is 1. The molecule has 0 fully saturated rings. The summed E-state index contributed by atoms with van der Waals surface area (Å²) < 4.78 is 83.3. The van der Waals surface area contributed by atoms with E-state index in [9.17, 15) is 31.1 Å². The zero-order valence-corrected chi connectivity index (χ0v) is 17.0. The smallest absolute Gasteiger partial charge is 0.416 e. The maximum absolute atomic E-state index is 12.9. The first-order valence-electron chi connectivity index (χ1n) is 9.76. The van der Waals surface area contributed by atoms with E-state index >= 15 is 0 Å². The molecule has 2 aromatic rings. The average molecular weight is 471 g/mol. The predicted molar refractivity (Wildman–Crippen MR) is 107 cm³/mol. The van der Waals surface area contributed by atoms with Crippen molar-refractivity contribution in [2.24, 2.45) is 0 Å². The standard InChI is InChI=1S/C23H19F6NO3/c24-22(25,26)18-7-3-15(4-8-18)20(16-5-9-19(10-6-16)23(27,28)29)33-13-12-30-11-1-2-17(14-30)21(31)32/h1-11,20H,12-14H2,(H,31,32). The first-order valence-corrected chi connectivity index (χ1v) is 9.76. The number of nitrogens with zero attached hydrogens (tertiary/aromatic N) is 1. The Balaban J connectivity index is 1.78. The number of rotatable bonds is 7. The van der Waals surface area contributed by atoms with Gasteiger partial charge in [0.05, 0.1) is 23.3 Å². The Morgan fingerprint density at radius 3 is 1.82 bits per heavy atom. The van der Waals surface area contributed by atoms with Gasteiger partial charge in [-0.05, 0) is 53.7 Å². The second kappa shape index (κ2) is 9.70. The third-order valence-electron chi connectivity index (χ3n) is 4.99. The van der Waals surface area contributed by atoms with Gasteiger partial charge in [0.25, 0.3) is 0 Å². The highest BCUT2D eigenvalue weighted by atomic mass is 19.4. The van der Waals surface area contributed by atoms with Gasteiger partial charge in [-0.2, -0.15) is 26.3 Å². The average Bonchev–Trinajstić information content (AvgIpc) is 2.76. The van der Waals surface area contributed by atoms with Gasteiger partial charge in [0.2, 0.25) is 0 Å². The second-order valence-corrected chi connectivity index (χ2v) is 7.30. The number of benzene rings is 2. The Morgan fingerprint density at radius 2 is 1.39 bits per heavy atom. The van der Waals surface area contributed by atoms with Gasteiger partial charge < -0.3 is 14.7 Å². The summed E-state index contributed by atoms with van der Waals surface area (Å²) >= 11 is 0. The highest BCUT2D eigenvalue weighted by Gasteiger charge is 2.32. The molecule has 0 aromatic heterocycles. The molecule has 2 aromatic carbocycles. The van der Waals surface area contributed by atoms with E-state index in [1.54, 1.807) is 17.2 Å². The summed E-state index contributed by atoms with van der Waals surface area (Å²) in [5, 5.41) is 9.11. The lowest BCUT2D eigenvalue weighted by Crippen LogP contribution is -2.29. The molecule has 0 saturated heterocycles. The van der Waals surface area contributed by atoms with Crippen LogP contribution in [0, 0.1) is 0 Å². The van der Waals surface area contributed by atoms with Crippen LogP contribution in [-0.4, -0.2) is 35.7 Å². The van der Waals surface area contributed by atoms with Crippen LogP contribution in [-0.2, 0) is 21.9 Å². The van der Waals surface area contributed by atoms with Gasteiger partial charge >= 0.3 is 18.3 Å². The minimum Gasteiger partial charge on any atom is -0.478 e. The Hall–Kier alpha value is -3.27. The summed E-state index contributed by atoms with van der Waals surface area (Å²) in [6.07, 6.45) is -5.28. The predicted octanol–water partition coefficient (Wildman–Crippen LogP) is 5.67. The number of aliphatic carboxylic acids is 1. The van der Waals surface area contributed by atoms with Crippen LogP contribution >= 0.6 is 0 Å². The Labute approximate surface area is 185 Å². The van der Waals surface area contributed by atoms with Crippen LogP contribution in [0.2, 0.25) is 0 Å². The van der Waals surface area contributed by atoms with Crippen LogP contribution in [0.3, 0.4) is 0 Å². The normalized spacial score (nSPS) is 14.5. The Bertz CT molecular complexity index is 967. The van der Waals surface area contributed by atoms with E-state index in [1.165, 1.54) is 30.3 Å². The van der Waals surface area contributed by atoms with Gasteiger partial charge in [-0.3, -0.25) is 0 Å². The lowest BCUT2D eigenvalue weighted by Gasteiger charge is -2.25. The minimum atomic E-state index is -4.53. The molecule has 176 valence electrons. The Kier molecular flexibility index (Phi) is 7.16. The molecular formula is C23H19F6NO3. The number of carboxylic acid groups (broad SMARTS) is 1. The number of carboxylic acids is 1. The SMILES string of the molecule is O=C(O)C1=CC=CN(CCOC(c2ccc(C(F)(F)F)cc2)c2ccc(C(F)(F)F)cc2)C1. The van der Waals surface area contributed by atoms with E-state index in [4.69, 9.17) is 9.84 Å². The lowest BCUT2D eigenvalue weighted by atomic mass is 9.99. The molecule has 4 nitrogen and oxygen atoms in total. The molecule has 0 amide bonds. The summed E-state index contributed by atoms with van der Waals surface area (Å²) in [4.78, 5) is 12.8. The highest BCUT2D eigenvalue weighted by Crippen LogP contribution is 2.34. The molecule has 1 aliphatic rings. The van der Waals surface area contributed by atoms with Crippen molar-refractivity contribution in [3.05, 3.63) is 94.7 Å². The highest BCUT2D eigenvalue weighted by molar-refractivity contribution is 5.87. The van der Waals surface area contributed by atoms with Crippen molar-refractivity contribution >= 4 is 5.97 Å². The maximum Gasteiger partial charge on any atom is 0.416 e. The van der Waals surface area contributed by atoms with Gasteiger partial charge in [-0.15, -0.1) is 0 Å². The van der Waals surface area contributed by atoms with E-state index in [2.05, 4.69) is 0 Å². The molecule has 0 bridgehead atoms. The van der Waals surface area contributed by atoms with Gasteiger partial charge in [0.1, 0.15) is 6.10 Å². The van der Waals surface area contributed by atoms with E-state index in [0.29, 0.717) is 11.1 Å². The third kappa shape index (κ3) is 6.38. The minimum absolute atomic E-state index is 0.0456. The van der Waals surface area contributed by atoms with Crippen molar-refractivity contribution in [1.82, 2.24) is 4.90 Å². The molecule has 1 heterocycles. The number of halogens is 6. The first kappa shape index (κ1) is 24.4. The van der Waals surface area contributed by atoms with Crippen molar-refractivity contribution in [2.45, 2.75) is 18.5 Å². The van der Waals surface area contributed by atoms with Crippen molar-refractivity contribution in [1.29, 1.82) is 0 Å². The van der Waals surface area contributed by atoms with Gasteiger partial charge in [0, 0.05) is 13.1 Å². The molecule has 0 aliphatic carbocycles. The third-order valence-corrected chi connectivity index (χ3v) is 4.99. The molecule has 1 N–H and O–H groups in total. The zero-order chi connectivity index (χ0) is 24.2. The molecule has 3 rings (SSSR count). The van der Waals surface area contributed by atoms with E-state index in [0.717, 1.165) is 24.3 Å². The quantitative estimate of drug-likeness (QED) is 0.529. The fourth-order valence-corrected chi connectivity index (χ4v) is 3.26. The molecule has 0 radical (unpaired) electrons. The second-order valence-electron chi connectivity index (χ2n) is 7.30. The van der Waals surface area contributed by atoms with Gasteiger partial charge in [0.15, 0.2) is 0 Å². The van der Waals surface area contributed by atoms with Crippen molar-refractivity contribution < 1.29 is 41.0 Å². The van der Waals surface area contributed by atoms with E-state index in [1.807, 2.05) is 0 Å². The van der Waals surface area contributed by atoms with Crippen LogP contribution in [0.5, 0.6) is 0 Å². The zero-order valence-electron chi connectivity index (χ0n) is 17.0. The molecule has 1 aliphatic heterocycles. The maximum atomic E-state index is 12.9. The van der Waals surface area contributed by atoms with Crippen LogP contribution in [0.1, 0.15) is 28.4 Å². The number of ether oxygens (including phenoxy) is 1. The van der Waals surface area contributed by atoms with Crippen molar-refractivity contribution in [3.8, 4) is 0 Å².